The van der Waals surface area contributed by atoms with Gasteiger partial charge in [-0.25, -0.2) is 4.98 Å². The molecule has 1 aliphatic rings. The lowest BCUT2D eigenvalue weighted by molar-refractivity contribution is 0.0751. The van der Waals surface area contributed by atoms with Crippen molar-refractivity contribution in [1.29, 1.82) is 0 Å². The number of anilines is 1. The van der Waals surface area contributed by atoms with E-state index in [0.717, 1.165) is 44.8 Å². The van der Waals surface area contributed by atoms with Crippen LogP contribution in [0.2, 0.25) is 0 Å². The smallest absolute Gasteiger partial charge is 0.264 e. The average molecular weight is 436 g/mol. The number of carbonyl (C=O) groups is 1. The molecule has 1 saturated heterocycles. The molecule has 30 heavy (non-hydrogen) atoms. The lowest BCUT2D eigenvalue weighted by Crippen LogP contribution is -2.48. The number of fused-ring (bicyclic) bond motifs is 1. The highest BCUT2D eigenvalue weighted by Crippen LogP contribution is 2.35. The van der Waals surface area contributed by atoms with E-state index in [1.54, 1.807) is 18.4 Å². The van der Waals surface area contributed by atoms with Crippen LogP contribution in [-0.2, 0) is 0 Å². The minimum absolute atomic E-state index is 0.104. The lowest BCUT2D eigenvalue weighted by Gasteiger charge is -2.36. The van der Waals surface area contributed by atoms with Gasteiger partial charge in [0.1, 0.15) is 10.8 Å². The Labute approximate surface area is 183 Å². The normalized spacial score (nSPS) is 14.3. The van der Waals surface area contributed by atoms with E-state index in [9.17, 15) is 4.79 Å². The van der Waals surface area contributed by atoms with Crippen LogP contribution < -0.4 is 9.64 Å². The van der Waals surface area contributed by atoms with Crippen LogP contribution in [0.25, 0.3) is 20.1 Å². The third kappa shape index (κ3) is 3.55. The SMILES string of the molecule is COc1ccccc1N1CCN(C(=O)c2ccc(-c3nc4ccccc4s3)s2)CC1. The summed E-state index contributed by atoms with van der Waals surface area (Å²) in [6, 6.07) is 20.1. The number of hydrogen-bond donors (Lipinski definition) is 0. The minimum Gasteiger partial charge on any atom is -0.495 e. The summed E-state index contributed by atoms with van der Waals surface area (Å²) in [7, 11) is 1.69. The van der Waals surface area contributed by atoms with Crippen LogP contribution in [0.3, 0.4) is 0 Å². The molecular formula is C23H21N3O2S2. The van der Waals surface area contributed by atoms with Gasteiger partial charge in [-0.3, -0.25) is 4.79 Å². The molecule has 0 atom stereocenters. The molecule has 1 aliphatic heterocycles. The number of para-hydroxylation sites is 3. The second-order valence-electron chi connectivity index (χ2n) is 7.10. The van der Waals surface area contributed by atoms with Crippen LogP contribution in [0.5, 0.6) is 5.75 Å². The number of amides is 1. The Hall–Kier alpha value is -2.90. The quantitative estimate of drug-likeness (QED) is 0.453. The number of rotatable bonds is 4. The van der Waals surface area contributed by atoms with Gasteiger partial charge in [-0.05, 0) is 36.4 Å². The van der Waals surface area contributed by atoms with Gasteiger partial charge >= 0.3 is 0 Å². The number of methoxy groups -OCH3 is 1. The number of hydrogen-bond acceptors (Lipinski definition) is 6. The maximum Gasteiger partial charge on any atom is 0.264 e. The number of nitrogens with zero attached hydrogens (tertiary/aromatic N) is 3. The highest BCUT2D eigenvalue weighted by atomic mass is 32.1. The third-order valence-corrected chi connectivity index (χ3v) is 7.59. The van der Waals surface area contributed by atoms with Gasteiger partial charge in [0.15, 0.2) is 0 Å². The number of benzene rings is 2. The Morgan fingerprint density at radius 3 is 2.50 bits per heavy atom. The summed E-state index contributed by atoms with van der Waals surface area (Å²) < 4.78 is 6.65. The zero-order valence-corrected chi connectivity index (χ0v) is 18.2. The predicted molar refractivity (Wildman–Crippen MR) is 124 cm³/mol. The van der Waals surface area contributed by atoms with Gasteiger partial charge in [-0.1, -0.05) is 24.3 Å². The Balaban J connectivity index is 1.28. The Morgan fingerprint density at radius 1 is 0.933 bits per heavy atom. The van der Waals surface area contributed by atoms with E-state index in [4.69, 9.17) is 9.72 Å². The van der Waals surface area contributed by atoms with Gasteiger partial charge in [0, 0.05) is 26.2 Å². The molecular weight excluding hydrogens is 414 g/mol. The number of thiophene rings is 1. The summed E-state index contributed by atoms with van der Waals surface area (Å²) >= 11 is 3.20. The Morgan fingerprint density at radius 2 is 1.70 bits per heavy atom. The monoisotopic (exact) mass is 435 g/mol. The lowest BCUT2D eigenvalue weighted by atomic mass is 10.2. The molecule has 0 unspecified atom stereocenters. The van der Waals surface area contributed by atoms with Gasteiger partial charge in [0.25, 0.3) is 5.91 Å². The van der Waals surface area contributed by atoms with Gasteiger partial charge in [-0.15, -0.1) is 22.7 Å². The van der Waals surface area contributed by atoms with Crippen molar-refractivity contribution < 1.29 is 9.53 Å². The average Bonchev–Trinajstić information content (AvgIpc) is 3.46. The van der Waals surface area contributed by atoms with Crippen LogP contribution in [0, 0.1) is 0 Å². The Kier molecular flexibility index (Phi) is 5.14. The summed E-state index contributed by atoms with van der Waals surface area (Å²) in [5, 5.41) is 0.973. The fourth-order valence-corrected chi connectivity index (χ4v) is 5.74. The molecule has 1 fully saturated rings. The standard InChI is InChI=1S/C23H21N3O2S2/c1-28-18-8-4-3-7-17(18)25-12-14-26(15-13-25)23(27)21-11-10-20(29-21)22-24-16-6-2-5-9-19(16)30-22/h2-11H,12-15H2,1H3. The highest BCUT2D eigenvalue weighted by molar-refractivity contribution is 7.26. The van der Waals surface area contributed by atoms with E-state index in [0.29, 0.717) is 13.1 Å². The number of aromatic nitrogens is 1. The topological polar surface area (TPSA) is 45.7 Å². The van der Waals surface area contributed by atoms with Gasteiger partial charge in [0.05, 0.1) is 32.8 Å². The van der Waals surface area contributed by atoms with Crippen molar-refractivity contribution in [2.24, 2.45) is 0 Å². The maximum absolute atomic E-state index is 13.1. The largest absolute Gasteiger partial charge is 0.495 e. The van der Waals surface area contributed by atoms with E-state index in [-0.39, 0.29) is 5.91 Å². The first-order chi connectivity index (χ1) is 14.7. The fourth-order valence-electron chi connectivity index (χ4n) is 3.74. The molecule has 0 radical (unpaired) electrons. The van der Waals surface area contributed by atoms with Crippen LogP contribution in [-0.4, -0.2) is 49.1 Å². The molecule has 5 rings (SSSR count). The molecule has 0 aliphatic carbocycles. The van der Waals surface area contributed by atoms with Crippen molar-refractivity contribution in [3.63, 3.8) is 0 Å². The summed E-state index contributed by atoms with van der Waals surface area (Å²) in [4.78, 5) is 23.8. The zero-order chi connectivity index (χ0) is 20.5. The van der Waals surface area contributed by atoms with Crippen molar-refractivity contribution in [3.05, 3.63) is 65.5 Å². The van der Waals surface area contributed by atoms with Gasteiger partial charge in [0.2, 0.25) is 0 Å². The molecule has 0 N–H and O–H groups in total. The van der Waals surface area contributed by atoms with Crippen LogP contribution in [0.1, 0.15) is 9.67 Å². The van der Waals surface area contributed by atoms with E-state index in [1.165, 1.54) is 16.0 Å². The molecule has 0 bridgehead atoms. The van der Waals surface area contributed by atoms with E-state index in [1.807, 2.05) is 53.4 Å². The molecule has 152 valence electrons. The van der Waals surface area contributed by atoms with Crippen LogP contribution in [0.4, 0.5) is 5.69 Å². The number of thiazole rings is 1. The van der Waals surface area contributed by atoms with E-state index in [2.05, 4.69) is 17.0 Å². The number of ether oxygens (including phenoxy) is 1. The van der Waals surface area contributed by atoms with Crippen molar-refractivity contribution >= 4 is 44.5 Å². The van der Waals surface area contributed by atoms with E-state index < -0.39 is 0 Å². The minimum atomic E-state index is 0.104. The predicted octanol–water partition coefficient (Wildman–Crippen LogP) is 5.00. The van der Waals surface area contributed by atoms with Gasteiger partial charge < -0.3 is 14.5 Å². The molecule has 2 aromatic carbocycles. The fraction of sp³-hybridized carbons (Fsp3) is 0.217. The zero-order valence-electron chi connectivity index (χ0n) is 16.6. The second kappa shape index (κ2) is 8.08. The van der Waals surface area contributed by atoms with Crippen molar-refractivity contribution in [2.45, 2.75) is 0 Å². The van der Waals surface area contributed by atoms with Crippen LogP contribution in [0.15, 0.2) is 60.7 Å². The first kappa shape index (κ1) is 19.1. The first-order valence-electron chi connectivity index (χ1n) is 9.86. The molecule has 5 nitrogen and oxygen atoms in total. The third-order valence-electron chi connectivity index (χ3n) is 5.31. The Bertz CT molecular complexity index is 1160. The van der Waals surface area contributed by atoms with Crippen molar-refractivity contribution in [3.8, 4) is 15.6 Å². The maximum atomic E-state index is 13.1. The summed E-state index contributed by atoms with van der Waals surface area (Å²) in [5.41, 5.74) is 2.09. The number of piperazine rings is 1. The van der Waals surface area contributed by atoms with Crippen molar-refractivity contribution in [2.75, 3.05) is 38.2 Å². The number of carbonyl (C=O) groups excluding carboxylic acids is 1. The van der Waals surface area contributed by atoms with Crippen LogP contribution >= 0.6 is 22.7 Å². The molecule has 4 aromatic rings. The molecule has 0 saturated carbocycles. The molecule has 2 aromatic heterocycles. The highest BCUT2D eigenvalue weighted by Gasteiger charge is 2.25. The molecule has 7 heteroatoms. The molecule has 1 amide bonds. The second-order valence-corrected chi connectivity index (χ2v) is 9.22. The molecule has 0 spiro atoms. The summed E-state index contributed by atoms with van der Waals surface area (Å²) in [6.07, 6.45) is 0. The van der Waals surface area contributed by atoms with Gasteiger partial charge in [-0.2, -0.15) is 0 Å². The first-order valence-corrected chi connectivity index (χ1v) is 11.5. The molecule has 3 heterocycles. The van der Waals surface area contributed by atoms with E-state index >= 15 is 0 Å². The summed E-state index contributed by atoms with van der Waals surface area (Å²) in [6.45, 7) is 2.99. The van der Waals surface area contributed by atoms with Crippen molar-refractivity contribution in [1.82, 2.24) is 9.88 Å². The summed E-state index contributed by atoms with van der Waals surface area (Å²) in [5.74, 6) is 0.975.